The smallest absolute Gasteiger partial charge is 0.127 e. The Bertz CT molecular complexity index is 350. The van der Waals surface area contributed by atoms with Crippen LogP contribution in [-0.4, -0.2) is 30.3 Å². The molecule has 2 N–H and O–H groups in total. The van der Waals surface area contributed by atoms with Crippen LogP contribution in [0.25, 0.3) is 0 Å². The van der Waals surface area contributed by atoms with E-state index in [9.17, 15) is 0 Å². The summed E-state index contributed by atoms with van der Waals surface area (Å²) in [6.45, 7) is 6.02. The minimum absolute atomic E-state index is 0.339. The second kappa shape index (κ2) is 5.87. The Balaban J connectivity index is 1.94. The van der Waals surface area contributed by atoms with E-state index in [-0.39, 0.29) is 0 Å². The minimum Gasteiger partial charge on any atom is -0.380 e. The fourth-order valence-electron chi connectivity index (χ4n) is 2.15. The van der Waals surface area contributed by atoms with Crippen LogP contribution in [-0.2, 0) is 4.74 Å². The number of hydrogen-bond acceptors (Lipinski definition) is 4. The van der Waals surface area contributed by atoms with E-state index in [4.69, 9.17) is 4.74 Å². The summed E-state index contributed by atoms with van der Waals surface area (Å²) in [5.74, 6) is 0.914. The second-order valence-electron chi connectivity index (χ2n) is 4.44. The lowest BCUT2D eigenvalue weighted by molar-refractivity contribution is 0.0996. The molecule has 1 aromatic heterocycles. The molecule has 1 fully saturated rings. The summed E-state index contributed by atoms with van der Waals surface area (Å²) < 4.78 is 5.67. The van der Waals surface area contributed by atoms with E-state index in [1.54, 1.807) is 0 Å². The Morgan fingerprint density at radius 1 is 1.59 bits per heavy atom. The van der Waals surface area contributed by atoms with Crippen LogP contribution in [0.15, 0.2) is 18.3 Å². The normalized spacial score (nSPS) is 21.2. The van der Waals surface area contributed by atoms with E-state index in [1.807, 2.05) is 18.3 Å². The van der Waals surface area contributed by atoms with Crippen LogP contribution in [0.2, 0.25) is 0 Å². The average Bonchev–Trinajstić information content (AvgIpc) is 2.83. The maximum absolute atomic E-state index is 5.67. The van der Waals surface area contributed by atoms with Crippen molar-refractivity contribution < 1.29 is 4.74 Å². The molecule has 4 heteroatoms. The maximum Gasteiger partial charge on any atom is 0.127 e. The summed E-state index contributed by atoms with van der Waals surface area (Å²) in [5.41, 5.74) is 1.10. The average molecular weight is 235 g/mol. The van der Waals surface area contributed by atoms with Crippen LogP contribution < -0.4 is 10.6 Å². The SMILES string of the molecule is CCNc1cc(NC(C)C2CCCO2)ccn1. The summed E-state index contributed by atoms with van der Waals surface area (Å²) in [7, 11) is 0. The highest BCUT2D eigenvalue weighted by atomic mass is 16.5. The number of hydrogen-bond donors (Lipinski definition) is 2. The van der Waals surface area contributed by atoms with Gasteiger partial charge in [0.2, 0.25) is 0 Å². The monoisotopic (exact) mass is 235 g/mol. The topological polar surface area (TPSA) is 46.2 Å². The van der Waals surface area contributed by atoms with Gasteiger partial charge in [0.05, 0.1) is 6.10 Å². The zero-order valence-corrected chi connectivity index (χ0v) is 10.6. The van der Waals surface area contributed by atoms with Gasteiger partial charge < -0.3 is 15.4 Å². The van der Waals surface area contributed by atoms with Crippen molar-refractivity contribution in [3.8, 4) is 0 Å². The van der Waals surface area contributed by atoms with Crippen molar-refractivity contribution in [1.82, 2.24) is 4.98 Å². The number of nitrogens with one attached hydrogen (secondary N) is 2. The summed E-state index contributed by atoms with van der Waals surface area (Å²) >= 11 is 0. The van der Waals surface area contributed by atoms with E-state index >= 15 is 0 Å². The first-order chi connectivity index (χ1) is 8.29. The number of rotatable bonds is 5. The Labute approximate surface area is 103 Å². The van der Waals surface area contributed by atoms with E-state index < -0.39 is 0 Å². The predicted molar refractivity (Wildman–Crippen MR) is 70.5 cm³/mol. The van der Waals surface area contributed by atoms with Crippen LogP contribution in [0.1, 0.15) is 26.7 Å². The molecular formula is C13H21N3O. The molecule has 1 aliphatic heterocycles. The molecule has 1 saturated heterocycles. The number of ether oxygens (including phenoxy) is 1. The van der Waals surface area contributed by atoms with Crippen molar-refractivity contribution in [2.24, 2.45) is 0 Å². The molecule has 0 aliphatic carbocycles. The molecule has 1 aliphatic rings. The third kappa shape index (κ3) is 3.33. The highest BCUT2D eigenvalue weighted by Gasteiger charge is 2.22. The highest BCUT2D eigenvalue weighted by Crippen LogP contribution is 2.20. The van der Waals surface area contributed by atoms with Gasteiger partial charge in [-0.05, 0) is 32.8 Å². The lowest BCUT2D eigenvalue weighted by atomic mass is 10.1. The van der Waals surface area contributed by atoms with E-state index in [1.165, 1.54) is 6.42 Å². The Morgan fingerprint density at radius 2 is 2.47 bits per heavy atom. The van der Waals surface area contributed by atoms with Crippen molar-refractivity contribution in [1.29, 1.82) is 0 Å². The first kappa shape index (κ1) is 12.2. The molecule has 0 amide bonds. The highest BCUT2D eigenvalue weighted by molar-refractivity contribution is 5.52. The fraction of sp³-hybridized carbons (Fsp3) is 0.615. The lowest BCUT2D eigenvalue weighted by Gasteiger charge is -2.21. The zero-order chi connectivity index (χ0) is 12.1. The largest absolute Gasteiger partial charge is 0.380 e. The zero-order valence-electron chi connectivity index (χ0n) is 10.6. The quantitative estimate of drug-likeness (QED) is 0.823. The minimum atomic E-state index is 0.339. The first-order valence-electron chi connectivity index (χ1n) is 6.37. The number of aromatic nitrogens is 1. The van der Waals surface area contributed by atoms with E-state index in [0.29, 0.717) is 12.1 Å². The van der Waals surface area contributed by atoms with Crippen LogP contribution in [0.3, 0.4) is 0 Å². The van der Waals surface area contributed by atoms with Gasteiger partial charge in [-0.3, -0.25) is 0 Å². The Kier molecular flexibility index (Phi) is 4.20. The van der Waals surface area contributed by atoms with Crippen molar-refractivity contribution in [2.45, 2.75) is 38.8 Å². The summed E-state index contributed by atoms with van der Waals surface area (Å²) in [5, 5.41) is 6.69. The molecule has 2 atom stereocenters. The van der Waals surface area contributed by atoms with Crippen molar-refractivity contribution in [3.63, 3.8) is 0 Å². The lowest BCUT2D eigenvalue weighted by Crippen LogP contribution is -2.30. The van der Waals surface area contributed by atoms with Crippen molar-refractivity contribution in [3.05, 3.63) is 18.3 Å². The molecule has 0 spiro atoms. The van der Waals surface area contributed by atoms with Crippen molar-refractivity contribution in [2.75, 3.05) is 23.8 Å². The summed E-state index contributed by atoms with van der Waals surface area (Å²) in [6.07, 6.45) is 4.49. The third-order valence-electron chi connectivity index (χ3n) is 3.03. The van der Waals surface area contributed by atoms with Crippen LogP contribution in [0.5, 0.6) is 0 Å². The number of pyridine rings is 1. The molecule has 0 aromatic carbocycles. The van der Waals surface area contributed by atoms with E-state index in [0.717, 1.165) is 31.1 Å². The molecule has 0 bridgehead atoms. The molecular weight excluding hydrogens is 214 g/mol. The molecule has 0 saturated carbocycles. The molecule has 1 aromatic rings. The van der Waals surface area contributed by atoms with Gasteiger partial charge >= 0.3 is 0 Å². The number of nitrogens with zero attached hydrogens (tertiary/aromatic N) is 1. The Hall–Kier alpha value is -1.29. The second-order valence-corrected chi connectivity index (χ2v) is 4.44. The van der Waals surface area contributed by atoms with Crippen LogP contribution in [0, 0.1) is 0 Å². The predicted octanol–water partition coefficient (Wildman–Crippen LogP) is 2.49. The van der Waals surface area contributed by atoms with Gasteiger partial charge in [-0.15, -0.1) is 0 Å². The molecule has 17 heavy (non-hydrogen) atoms. The summed E-state index contributed by atoms with van der Waals surface area (Å²) in [4.78, 5) is 4.25. The standard InChI is InChI=1S/C13H21N3O/c1-3-14-13-9-11(6-7-15-13)16-10(2)12-5-4-8-17-12/h6-7,9-10,12H,3-5,8H2,1-2H3,(H2,14,15,16). The van der Waals surface area contributed by atoms with E-state index in [2.05, 4.69) is 29.5 Å². The van der Waals surface area contributed by atoms with Crippen LogP contribution in [0.4, 0.5) is 11.5 Å². The van der Waals surface area contributed by atoms with Gasteiger partial charge in [-0.1, -0.05) is 0 Å². The fourth-order valence-corrected chi connectivity index (χ4v) is 2.15. The van der Waals surface area contributed by atoms with Gasteiger partial charge in [0.15, 0.2) is 0 Å². The Morgan fingerprint density at radius 3 is 3.18 bits per heavy atom. The van der Waals surface area contributed by atoms with Crippen LogP contribution >= 0.6 is 0 Å². The molecule has 94 valence electrons. The molecule has 2 rings (SSSR count). The van der Waals surface area contributed by atoms with Crippen molar-refractivity contribution >= 4 is 11.5 Å². The van der Waals surface area contributed by atoms with Gasteiger partial charge in [0, 0.05) is 37.1 Å². The maximum atomic E-state index is 5.67. The van der Waals surface area contributed by atoms with Gasteiger partial charge in [0.1, 0.15) is 5.82 Å². The molecule has 4 nitrogen and oxygen atoms in total. The number of anilines is 2. The first-order valence-corrected chi connectivity index (χ1v) is 6.37. The third-order valence-corrected chi connectivity index (χ3v) is 3.03. The van der Waals surface area contributed by atoms with Gasteiger partial charge in [0.25, 0.3) is 0 Å². The molecule has 0 radical (unpaired) electrons. The van der Waals surface area contributed by atoms with Gasteiger partial charge in [-0.25, -0.2) is 4.98 Å². The molecule has 2 unspecified atom stereocenters. The molecule has 2 heterocycles. The van der Waals surface area contributed by atoms with Gasteiger partial charge in [-0.2, -0.15) is 0 Å². The summed E-state index contributed by atoms with van der Waals surface area (Å²) in [6, 6.07) is 4.37.